The molecule has 4 heteroatoms. The van der Waals surface area contributed by atoms with Crippen molar-refractivity contribution in [2.75, 3.05) is 18.4 Å². The third-order valence-electron chi connectivity index (χ3n) is 3.78. The van der Waals surface area contributed by atoms with E-state index in [1.807, 2.05) is 12.1 Å². The van der Waals surface area contributed by atoms with Crippen molar-refractivity contribution in [3.63, 3.8) is 0 Å². The van der Waals surface area contributed by atoms with Gasteiger partial charge in [0.25, 0.3) is 0 Å². The van der Waals surface area contributed by atoms with E-state index in [0.29, 0.717) is 12.1 Å². The smallest absolute Gasteiger partial charge is 0.0648 e. The molecule has 1 saturated heterocycles. The van der Waals surface area contributed by atoms with E-state index in [1.54, 1.807) is 0 Å². The molecule has 1 fully saturated rings. The number of likely N-dealkylation sites (tertiary alicyclic amines) is 1. The van der Waals surface area contributed by atoms with E-state index in [0.717, 1.165) is 15.2 Å². The highest BCUT2D eigenvalue weighted by Crippen LogP contribution is 2.27. The lowest BCUT2D eigenvalue weighted by atomic mass is 10.1. The van der Waals surface area contributed by atoms with Gasteiger partial charge in [0.1, 0.15) is 0 Å². The van der Waals surface area contributed by atoms with Crippen LogP contribution in [0, 0.1) is 0 Å². The summed E-state index contributed by atoms with van der Waals surface area (Å²) in [6.45, 7) is 6.94. The Morgan fingerprint density at radius 3 is 2.79 bits per heavy atom. The SMILES string of the molecule is CC(C)N1CCCC(Nc2ccc(Br)cc2Cl)CC1. The molecule has 0 amide bonds. The number of nitrogens with one attached hydrogen (secondary N) is 1. The Morgan fingerprint density at radius 2 is 2.11 bits per heavy atom. The van der Waals surface area contributed by atoms with Gasteiger partial charge >= 0.3 is 0 Å². The predicted octanol–water partition coefficient (Wildman–Crippen LogP) is 4.78. The van der Waals surface area contributed by atoms with Crippen molar-refractivity contribution in [3.05, 3.63) is 27.7 Å². The number of anilines is 1. The van der Waals surface area contributed by atoms with Gasteiger partial charge in [-0.1, -0.05) is 27.5 Å². The zero-order valence-corrected chi connectivity index (χ0v) is 14.0. The van der Waals surface area contributed by atoms with Crippen LogP contribution >= 0.6 is 27.5 Å². The Hall–Kier alpha value is -0.250. The Bertz CT molecular complexity index is 423. The molecule has 1 atom stereocenters. The average Bonchev–Trinajstić information content (AvgIpc) is 2.58. The molecule has 2 rings (SSSR count). The number of halogens is 2. The molecule has 1 heterocycles. The molecule has 1 aromatic rings. The van der Waals surface area contributed by atoms with Crippen LogP contribution in [-0.2, 0) is 0 Å². The van der Waals surface area contributed by atoms with Crippen LogP contribution in [0.25, 0.3) is 0 Å². The molecule has 0 saturated carbocycles. The quantitative estimate of drug-likeness (QED) is 0.848. The molecule has 0 radical (unpaired) electrons. The van der Waals surface area contributed by atoms with Crippen LogP contribution in [0.4, 0.5) is 5.69 Å². The largest absolute Gasteiger partial charge is 0.381 e. The lowest BCUT2D eigenvalue weighted by Crippen LogP contribution is -2.32. The molecule has 0 spiro atoms. The molecule has 1 aliphatic heterocycles. The van der Waals surface area contributed by atoms with Crippen LogP contribution in [0.5, 0.6) is 0 Å². The van der Waals surface area contributed by atoms with Gasteiger partial charge in [-0.25, -0.2) is 0 Å². The predicted molar refractivity (Wildman–Crippen MR) is 87.1 cm³/mol. The zero-order valence-electron chi connectivity index (χ0n) is 11.6. The van der Waals surface area contributed by atoms with Crippen LogP contribution in [0.2, 0.25) is 5.02 Å². The van der Waals surface area contributed by atoms with E-state index in [4.69, 9.17) is 11.6 Å². The highest BCUT2D eigenvalue weighted by atomic mass is 79.9. The first-order chi connectivity index (χ1) is 9.06. The summed E-state index contributed by atoms with van der Waals surface area (Å²) in [6.07, 6.45) is 3.66. The van der Waals surface area contributed by atoms with Crippen LogP contribution in [0.1, 0.15) is 33.1 Å². The van der Waals surface area contributed by atoms with Gasteiger partial charge in [-0.3, -0.25) is 0 Å². The summed E-state index contributed by atoms with van der Waals surface area (Å²) in [5.74, 6) is 0. The summed E-state index contributed by atoms with van der Waals surface area (Å²) in [7, 11) is 0. The summed E-state index contributed by atoms with van der Waals surface area (Å²) in [5.41, 5.74) is 1.05. The molecular formula is C15H22BrClN2. The molecular weight excluding hydrogens is 324 g/mol. The lowest BCUT2D eigenvalue weighted by molar-refractivity contribution is 0.230. The van der Waals surface area contributed by atoms with Gasteiger partial charge in [-0.2, -0.15) is 0 Å². The number of benzene rings is 1. The fraction of sp³-hybridized carbons (Fsp3) is 0.600. The zero-order chi connectivity index (χ0) is 13.8. The minimum absolute atomic E-state index is 0.530. The molecule has 1 aromatic carbocycles. The number of rotatable bonds is 3. The molecule has 19 heavy (non-hydrogen) atoms. The van der Waals surface area contributed by atoms with E-state index in [2.05, 4.69) is 46.1 Å². The highest BCUT2D eigenvalue weighted by Gasteiger charge is 2.19. The van der Waals surface area contributed by atoms with E-state index < -0.39 is 0 Å². The molecule has 0 aromatic heterocycles. The Kier molecular flexibility index (Phi) is 5.55. The maximum absolute atomic E-state index is 6.27. The monoisotopic (exact) mass is 344 g/mol. The first kappa shape index (κ1) is 15.1. The standard InChI is InChI=1S/C15H22BrClN2/c1-11(2)19-8-3-4-13(7-9-19)18-15-6-5-12(16)10-14(15)17/h5-6,10-11,13,18H,3-4,7-9H2,1-2H3. The van der Waals surface area contributed by atoms with Crippen molar-refractivity contribution in [3.8, 4) is 0 Å². The van der Waals surface area contributed by atoms with Crippen molar-refractivity contribution in [1.29, 1.82) is 0 Å². The molecule has 106 valence electrons. The molecule has 1 unspecified atom stereocenters. The van der Waals surface area contributed by atoms with E-state index in [9.17, 15) is 0 Å². The maximum Gasteiger partial charge on any atom is 0.0648 e. The Labute approximate surface area is 129 Å². The average molecular weight is 346 g/mol. The molecule has 2 nitrogen and oxygen atoms in total. The highest BCUT2D eigenvalue weighted by molar-refractivity contribution is 9.10. The summed E-state index contributed by atoms with van der Waals surface area (Å²) in [6, 6.07) is 7.21. The number of hydrogen-bond acceptors (Lipinski definition) is 2. The van der Waals surface area contributed by atoms with Crippen LogP contribution < -0.4 is 5.32 Å². The van der Waals surface area contributed by atoms with Gasteiger partial charge < -0.3 is 10.2 Å². The van der Waals surface area contributed by atoms with E-state index in [1.165, 1.54) is 32.4 Å². The summed E-state index contributed by atoms with van der Waals surface area (Å²) >= 11 is 9.70. The normalized spacial score (nSPS) is 21.4. The Balaban J connectivity index is 1.96. The van der Waals surface area contributed by atoms with Crippen molar-refractivity contribution in [1.82, 2.24) is 4.90 Å². The van der Waals surface area contributed by atoms with Crippen LogP contribution in [0.15, 0.2) is 22.7 Å². The van der Waals surface area contributed by atoms with Crippen LogP contribution in [0.3, 0.4) is 0 Å². The summed E-state index contributed by atoms with van der Waals surface area (Å²) in [5, 5.41) is 4.39. The first-order valence-corrected chi connectivity index (χ1v) is 8.19. The van der Waals surface area contributed by atoms with Gasteiger partial charge in [-0.15, -0.1) is 0 Å². The van der Waals surface area contributed by atoms with E-state index >= 15 is 0 Å². The summed E-state index contributed by atoms with van der Waals surface area (Å²) < 4.78 is 1.02. The fourth-order valence-electron chi connectivity index (χ4n) is 2.61. The van der Waals surface area contributed by atoms with Gasteiger partial charge in [-0.05, 0) is 57.9 Å². The fourth-order valence-corrected chi connectivity index (χ4v) is 3.33. The maximum atomic E-state index is 6.27. The minimum atomic E-state index is 0.530. The third-order valence-corrected chi connectivity index (χ3v) is 4.59. The number of nitrogens with zero attached hydrogens (tertiary/aromatic N) is 1. The Morgan fingerprint density at radius 1 is 1.32 bits per heavy atom. The van der Waals surface area contributed by atoms with Crippen molar-refractivity contribution >= 4 is 33.2 Å². The second kappa shape index (κ2) is 6.96. The molecule has 0 aliphatic carbocycles. The molecule has 1 aliphatic rings. The van der Waals surface area contributed by atoms with Crippen molar-refractivity contribution in [2.45, 2.75) is 45.2 Å². The van der Waals surface area contributed by atoms with Gasteiger partial charge in [0.05, 0.1) is 10.7 Å². The van der Waals surface area contributed by atoms with Crippen LogP contribution in [-0.4, -0.2) is 30.1 Å². The second-order valence-electron chi connectivity index (χ2n) is 5.53. The van der Waals surface area contributed by atoms with Crippen molar-refractivity contribution in [2.24, 2.45) is 0 Å². The molecule has 0 bridgehead atoms. The summed E-state index contributed by atoms with van der Waals surface area (Å²) in [4.78, 5) is 2.56. The first-order valence-electron chi connectivity index (χ1n) is 7.02. The van der Waals surface area contributed by atoms with Gasteiger partial charge in [0.15, 0.2) is 0 Å². The molecule has 1 N–H and O–H groups in total. The topological polar surface area (TPSA) is 15.3 Å². The van der Waals surface area contributed by atoms with E-state index in [-0.39, 0.29) is 0 Å². The third kappa shape index (κ3) is 4.37. The van der Waals surface area contributed by atoms with Gasteiger partial charge in [0, 0.05) is 23.1 Å². The van der Waals surface area contributed by atoms with Gasteiger partial charge in [0.2, 0.25) is 0 Å². The van der Waals surface area contributed by atoms with Crippen molar-refractivity contribution < 1.29 is 0 Å². The lowest BCUT2D eigenvalue weighted by Gasteiger charge is -2.24. The second-order valence-corrected chi connectivity index (χ2v) is 6.85. The minimum Gasteiger partial charge on any atom is -0.381 e. The number of hydrogen-bond donors (Lipinski definition) is 1.